The van der Waals surface area contributed by atoms with E-state index in [1.54, 1.807) is 0 Å². The van der Waals surface area contributed by atoms with Crippen LogP contribution in [0.4, 0.5) is 0 Å². The Morgan fingerprint density at radius 3 is 2.50 bits per heavy atom. The van der Waals surface area contributed by atoms with Crippen LogP contribution in [0, 0.1) is 6.92 Å². The molecule has 5 nitrogen and oxygen atoms in total. The number of benzene rings is 1. The topological polar surface area (TPSA) is 72.3 Å². The second-order valence-electron chi connectivity index (χ2n) is 6.37. The molecule has 3 rings (SSSR count). The van der Waals surface area contributed by atoms with E-state index >= 15 is 0 Å². The van der Waals surface area contributed by atoms with Gasteiger partial charge in [-0.15, -0.1) is 0 Å². The molecule has 2 aromatic rings. The molecule has 0 spiro atoms. The molecule has 0 bridgehead atoms. The van der Waals surface area contributed by atoms with Gasteiger partial charge >= 0.3 is 12.0 Å². The van der Waals surface area contributed by atoms with E-state index in [9.17, 15) is 4.79 Å². The summed E-state index contributed by atoms with van der Waals surface area (Å²) < 4.78 is 5.91. The van der Waals surface area contributed by atoms with Crippen molar-refractivity contribution in [1.29, 1.82) is 0 Å². The second kappa shape index (κ2) is 7.43. The van der Waals surface area contributed by atoms with Crippen LogP contribution >= 0.6 is 0 Å². The lowest BCUT2D eigenvalue weighted by Gasteiger charge is -2.12. The molecule has 1 aromatic carbocycles. The first-order chi connectivity index (χ1) is 11.6. The van der Waals surface area contributed by atoms with Gasteiger partial charge in [0, 0.05) is 12.1 Å². The van der Waals surface area contributed by atoms with Crippen molar-refractivity contribution < 1.29 is 14.6 Å². The van der Waals surface area contributed by atoms with Gasteiger partial charge in [0.15, 0.2) is 0 Å². The van der Waals surface area contributed by atoms with Crippen molar-refractivity contribution in [2.24, 2.45) is 0 Å². The Morgan fingerprint density at radius 2 is 1.83 bits per heavy atom. The highest BCUT2D eigenvalue weighted by atomic mass is 16.5. The fraction of sp³-hybridized carbons (Fsp3) is 0.421. The van der Waals surface area contributed by atoms with E-state index in [0.717, 1.165) is 35.4 Å². The van der Waals surface area contributed by atoms with Crippen molar-refractivity contribution in [3.05, 3.63) is 52.8 Å². The molecule has 1 saturated carbocycles. The lowest BCUT2D eigenvalue weighted by Crippen LogP contribution is -2.14. The molecular weight excluding hydrogens is 304 g/mol. The van der Waals surface area contributed by atoms with Crippen LogP contribution in [-0.4, -0.2) is 27.1 Å². The van der Waals surface area contributed by atoms with Crippen LogP contribution in [0.3, 0.4) is 0 Å². The smallest absolute Gasteiger partial charge is 0.317 e. The third kappa shape index (κ3) is 4.54. The maximum Gasteiger partial charge on any atom is 0.317 e. The van der Waals surface area contributed by atoms with Gasteiger partial charge in [-0.3, -0.25) is 4.79 Å². The van der Waals surface area contributed by atoms with Crippen LogP contribution < -0.4 is 4.74 Å². The Labute approximate surface area is 141 Å². The minimum atomic E-state index is -0.817. The molecule has 0 saturated heterocycles. The summed E-state index contributed by atoms with van der Waals surface area (Å²) in [6.45, 7) is 1.95. The number of carboxylic acid groups (broad SMARTS) is 1. The first kappa shape index (κ1) is 16.4. The van der Waals surface area contributed by atoms with Crippen LogP contribution in [-0.2, 0) is 17.6 Å². The monoisotopic (exact) mass is 326 g/mol. The summed E-state index contributed by atoms with van der Waals surface area (Å²) in [5.41, 5.74) is 3.71. The summed E-state index contributed by atoms with van der Waals surface area (Å²) >= 11 is 0. The van der Waals surface area contributed by atoms with Crippen LogP contribution in [0.1, 0.15) is 48.2 Å². The summed E-state index contributed by atoms with van der Waals surface area (Å²) in [5, 5.41) is 8.82. The molecule has 0 aliphatic heterocycles. The molecule has 1 heterocycles. The molecule has 24 heavy (non-hydrogen) atoms. The van der Waals surface area contributed by atoms with Gasteiger partial charge in [-0.1, -0.05) is 24.3 Å². The van der Waals surface area contributed by atoms with Crippen molar-refractivity contribution in [2.75, 3.05) is 0 Å². The Kier molecular flexibility index (Phi) is 5.08. The Hall–Kier alpha value is -2.43. The highest BCUT2D eigenvalue weighted by molar-refractivity contribution is 5.70. The average Bonchev–Trinajstić information content (AvgIpc) is 3.01. The fourth-order valence-electron chi connectivity index (χ4n) is 3.06. The first-order valence-electron chi connectivity index (χ1n) is 8.39. The van der Waals surface area contributed by atoms with Crippen molar-refractivity contribution in [1.82, 2.24) is 9.97 Å². The van der Waals surface area contributed by atoms with Gasteiger partial charge < -0.3 is 9.84 Å². The van der Waals surface area contributed by atoms with E-state index in [-0.39, 0.29) is 12.5 Å². The number of hydrogen-bond acceptors (Lipinski definition) is 4. The van der Waals surface area contributed by atoms with E-state index in [2.05, 4.69) is 9.97 Å². The van der Waals surface area contributed by atoms with E-state index in [1.165, 1.54) is 12.8 Å². The number of aryl methyl sites for hydroxylation is 1. The first-order valence-corrected chi connectivity index (χ1v) is 8.39. The molecule has 0 atom stereocenters. The summed E-state index contributed by atoms with van der Waals surface area (Å²) in [5.74, 6) is -0.817. The Bertz CT molecular complexity index is 707. The van der Waals surface area contributed by atoms with Crippen LogP contribution in [0.2, 0.25) is 0 Å². The van der Waals surface area contributed by atoms with Gasteiger partial charge in [-0.05, 0) is 49.8 Å². The highest BCUT2D eigenvalue weighted by Crippen LogP contribution is 2.22. The maximum absolute atomic E-state index is 10.7. The summed E-state index contributed by atoms with van der Waals surface area (Å²) in [7, 11) is 0. The minimum absolute atomic E-state index is 0.0479. The second-order valence-corrected chi connectivity index (χ2v) is 6.37. The molecule has 5 heteroatoms. The summed E-state index contributed by atoms with van der Waals surface area (Å²) in [4.78, 5) is 19.7. The number of aromatic nitrogens is 2. The van der Waals surface area contributed by atoms with E-state index in [0.29, 0.717) is 12.4 Å². The molecule has 1 aliphatic carbocycles. The number of carbonyl (C=O) groups is 1. The number of carboxylic acids is 1. The van der Waals surface area contributed by atoms with Crippen LogP contribution in [0.25, 0.3) is 0 Å². The Balaban J connectivity index is 1.69. The highest BCUT2D eigenvalue weighted by Gasteiger charge is 2.18. The predicted molar refractivity (Wildman–Crippen MR) is 90.2 cm³/mol. The van der Waals surface area contributed by atoms with Crippen LogP contribution in [0.5, 0.6) is 6.01 Å². The molecule has 1 fully saturated rings. The van der Waals surface area contributed by atoms with Crippen molar-refractivity contribution in [3.8, 4) is 6.01 Å². The van der Waals surface area contributed by atoms with E-state index in [1.807, 2.05) is 37.3 Å². The molecule has 1 aliphatic rings. The maximum atomic E-state index is 10.7. The zero-order chi connectivity index (χ0) is 16.9. The lowest BCUT2D eigenvalue weighted by atomic mass is 10.1. The molecule has 0 amide bonds. The third-order valence-corrected chi connectivity index (χ3v) is 4.22. The van der Waals surface area contributed by atoms with Crippen molar-refractivity contribution in [3.63, 3.8) is 0 Å². The number of ether oxygens (including phenoxy) is 1. The molecule has 0 radical (unpaired) electrons. The molecular formula is C19H22N2O3. The quantitative estimate of drug-likeness (QED) is 0.881. The lowest BCUT2D eigenvalue weighted by molar-refractivity contribution is -0.136. The third-order valence-electron chi connectivity index (χ3n) is 4.22. The van der Waals surface area contributed by atoms with Gasteiger partial charge in [0.1, 0.15) is 6.10 Å². The molecule has 126 valence electrons. The van der Waals surface area contributed by atoms with Gasteiger partial charge in [-0.2, -0.15) is 4.98 Å². The average molecular weight is 326 g/mol. The van der Waals surface area contributed by atoms with Gasteiger partial charge in [0.05, 0.1) is 12.1 Å². The van der Waals surface area contributed by atoms with E-state index < -0.39 is 5.97 Å². The summed E-state index contributed by atoms with van der Waals surface area (Å²) in [6.07, 6.45) is 5.56. The van der Waals surface area contributed by atoms with E-state index in [4.69, 9.17) is 9.84 Å². The minimum Gasteiger partial charge on any atom is -0.481 e. The number of hydrogen-bond donors (Lipinski definition) is 1. The number of aliphatic carboxylic acids is 1. The zero-order valence-electron chi connectivity index (χ0n) is 13.9. The predicted octanol–water partition coefficient (Wildman–Crippen LogP) is 3.32. The summed E-state index contributed by atoms with van der Waals surface area (Å²) in [6, 6.07) is 10.0. The van der Waals surface area contributed by atoms with Gasteiger partial charge in [0.2, 0.25) is 0 Å². The van der Waals surface area contributed by atoms with Crippen molar-refractivity contribution in [2.45, 2.75) is 51.6 Å². The molecule has 1 aromatic heterocycles. The zero-order valence-corrected chi connectivity index (χ0v) is 13.9. The largest absolute Gasteiger partial charge is 0.481 e. The number of nitrogens with zero attached hydrogens (tertiary/aromatic N) is 2. The fourth-order valence-corrected chi connectivity index (χ4v) is 3.06. The van der Waals surface area contributed by atoms with Gasteiger partial charge in [-0.25, -0.2) is 4.98 Å². The Morgan fingerprint density at radius 1 is 1.17 bits per heavy atom. The van der Waals surface area contributed by atoms with Crippen LogP contribution in [0.15, 0.2) is 30.3 Å². The molecule has 0 unspecified atom stereocenters. The molecule has 1 N–H and O–H groups in total. The normalized spacial score (nSPS) is 14.7. The number of rotatable bonds is 6. The van der Waals surface area contributed by atoms with Gasteiger partial charge in [0.25, 0.3) is 0 Å². The van der Waals surface area contributed by atoms with Crippen molar-refractivity contribution >= 4 is 5.97 Å². The SMILES string of the molecule is Cc1cc(Cc2ccc(CC(=O)O)cc2)nc(OC2CCCC2)n1. The standard InChI is InChI=1S/C19H22N2O3/c1-13-10-16(21-19(20-13)24-17-4-2-3-5-17)11-14-6-8-15(9-7-14)12-18(22)23/h6-10,17H,2-5,11-12H2,1H3,(H,22,23).